The highest BCUT2D eigenvalue weighted by molar-refractivity contribution is 7.87. The average molecular weight is 449 g/mol. The van der Waals surface area contributed by atoms with E-state index in [1.807, 2.05) is 0 Å². The molecule has 9 nitrogen and oxygen atoms in total. The summed E-state index contributed by atoms with van der Waals surface area (Å²) in [6.07, 6.45) is 1.21. The van der Waals surface area contributed by atoms with Gasteiger partial charge in [-0.2, -0.15) is 17.4 Å². The molecule has 3 N–H and O–H groups in total. The fourth-order valence-corrected chi connectivity index (χ4v) is 4.65. The van der Waals surface area contributed by atoms with Crippen LogP contribution >= 0.6 is 11.6 Å². The van der Waals surface area contributed by atoms with Crippen molar-refractivity contribution in [3.8, 4) is 0 Å². The first-order chi connectivity index (χ1) is 13.7. The summed E-state index contributed by atoms with van der Waals surface area (Å²) in [4.78, 5) is 25.3. The number of hydrogen-bond acceptors (Lipinski definition) is 5. The number of anilines is 1. The van der Waals surface area contributed by atoms with Gasteiger partial charge in [-0.15, -0.1) is 0 Å². The Balaban J connectivity index is 1.71. The summed E-state index contributed by atoms with van der Waals surface area (Å²) >= 11 is 5.71. The van der Waals surface area contributed by atoms with Crippen molar-refractivity contribution in [1.29, 1.82) is 0 Å². The smallest absolute Gasteiger partial charge is 0.280 e. The van der Waals surface area contributed by atoms with Crippen LogP contribution in [-0.2, 0) is 24.5 Å². The fraction of sp³-hybridized carbons (Fsp3) is 0.529. The van der Waals surface area contributed by atoms with Crippen LogP contribution in [0.5, 0.6) is 0 Å². The molecule has 0 aliphatic carbocycles. The quantitative estimate of drug-likeness (QED) is 0.624. The van der Waals surface area contributed by atoms with Gasteiger partial charge in [0.05, 0.1) is 5.02 Å². The van der Waals surface area contributed by atoms with E-state index in [4.69, 9.17) is 16.3 Å². The molecule has 2 aliphatic heterocycles. The van der Waals surface area contributed by atoms with Gasteiger partial charge >= 0.3 is 0 Å². The molecule has 0 aromatic heterocycles. The second-order valence-corrected chi connectivity index (χ2v) is 9.13. The van der Waals surface area contributed by atoms with Gasteiger partial charge in [0, 0.05) is 32.0 Å². The van der Waals surface area contributed by atoms with Crippen LogP contribution in [-0.4, -0.2) is 62.9 Å². The van der Waals surface area contributed by atoms with Gasteiger partial charge < -0.3 is 15.4 Å². The van der Waals surface area contributed by atoms with Gasteiger partial charge in [-0.05, 0) is 37.5 Å². The monoisotopic (exact) mass is 448 g/mol. The van der Waals surface area contributed by atoms with Crippen LogP contribution in [0.25, 0.3) is 0 Å². The van der Waals surface area contributed by atoms with Crippen molar-refractivity contribution in [2.24, 2.45) is 0 Å². The van der Waals surface area contributed by atoms with E-state index in [0.717, 1.165) is 10.4 Å². The summed E-state index contributed by atoms with van der Waals surface area (Å²) in [6.45, 7) is 1.05. The fourth-order valence-electron chi connectivity index (χ4n) is 3.23. The zero-order chi connectivity index (χ0) is 21.2. The molecule has 2 amide bonds. The van der Waals surface area contributed by atoms with Gasteiger partial charge in [0.15, 0.2) is 0 Å². The SMILES string of the molecule is CN1C(C(=O)Nc2ccc(F)c(Cl)c2)CC(C(=O)NC2CCOCC2)NS1(=O)=O. The number of nitrogens with zero attached hydrogens (tertiary/aromatic N) is 1. The van der Waals surface area contributed by atoms with E-state index >= 15 is 0 Å². The van der Waals surface area contributed by atoms with Crippen LogP contribution in [0.3, 0.4) is 0 Å². The zero-order valence-electron chi connectivity index (χ0n) is 15.7. The zero-order valence-corrected chi connectivity index (χ0v) is 17.2. The molecular formula is C17H22ClFN4O5S. The molecule has 2 fully saturated rings. The van der Waals surface area contributed by atoms with Crippen LogP contribution in [0.15, 0.2) is 18.2 Å². The van der Waals surface area contributed by atoms with E-state index < -0.39 is 39.9 Å². The Morgan fingerprint density at radius 3 is 2.62 bits per heavy atom. The molecule has 3 rings (SSSR count). The molecule has 2 heterocycles. The van der Waals surface area contributed by atoms with Gasteiger partial charge in [0.2, 0.25) is 11.8 Å². The number of carbonyl (C=O) groups excluding carboxylic acids is 2. The number of benzene rings is 1. The van der Waals surface area contributed by atoms with Crippen molar-refractivity contribution < 1.29 is 27.1 Å². The third-order valence-corrected chi connectivity index (χ3v) is 6.83. The second kappa shape index (κ2) is 8.92. The molecule has 2 unspecified atom stereocenters. The van der Waals surface area contributed by atoms with Crippen LogP contribution in [0, 0.1) is 5.82 Å². The average Bonchev–Trinajstić information content (AvgIpc) is 2.67. The summed E-state index contributed by atoms with van der Waals surface area (Å²) in [5.74, 6) is -1.78. The number of halogens is 2. The molecular weight excluding hydrogens is 427 g/mol. The van der Waals surface area contributed by atoms with Gasteiger partial charge in [0.1, 0.15) is 17.9 Å². The van der Waals surface area contributed by atoms with Crippen molar-refractivity contribution in [1.82, 2.24) is 14.3 Å². The molecule has 0 spiro atoms. The molecule has 2 aliphatic rings. The van der Waals surface area contributed by atoms with Gasteiger partial charge in [-0.1, -0.05) is 11.6 Å². The topological polar surface area (TPSA) is 117 Å². The number of rotatable bonds is 4. The highest BCUT2D eigenvalue weighted by Gasteiger charge is 2.43. The Hall–Kier alpha value is -1.79. The van der Waals surface area contributed by atoms with E-state index in [1.54, 1.807) is 0 Å². The minimum Gasteiger partial charge on any atom is -0.381 e. The maximum Gasteiger partial charge on any atom is 0.280 e. The van der Waals surface area contributed by atoms with Crippen molar-refractivity contribution in [3.63, 3.8) is 0 Å². The lowest BCUT2D eigenvalue weighted by atomic mass is 10.0. The van der Waals surface area contributed by atoms with Crippen LogP contribution in [0.2, 0.25) is 5.02 Å². The molecule has 2 saturated heterocycles. The Kier molecular flexibility index (Phi) is 6.74. The predicted molar refractivity (Wildman–Crippen MR) is 104 cm³/mol. The normalized spacial score (nSPS) is 25.3. The molecule has 1 aromatic carbocycles. The standard InChI is InChI=1S/C17H22ClFN4O5S/c1-23-15(17(25)21-11-2-3-13(19)12(18)8-11)9-14(22-29(23,26)27)16(24)20-10-4-6-28-7-5-10/h2-3,8,10,14-15,22H,4-7,9H2,1H3,(H,20,24)(H,21,25). The lowest BCUT2D eigenvalue weighted by Crippen LogP contribution is -2.63. The maximum absolute atomic E-state index is 13.3. The third kappa shape index (κ3) is 5.23. The van der Waals surface area contributed by atoms with Crippen LogP contribution in [0.1, 0.15) is 19.3 Å². The molecule has 160 valence electrons. The number of amides is 2. The minimum absolute atomic E-state index is 0.0639. The number of carbonyl (C=O) groups is 2. The van der Waals surface area contributed by atoms with Gasteiger partial charge in [-0.25, -0.2) is 4.39 Å². The summed E-state index contributed by atoms with van der Waals surface area (Å²) in [6, 6.07) is 1.30. The Labute approximate surface area is 173 Å². The highest BCUT2D eigenvalue weighted by Crippen LogP contribution is 2.22. The first kappa shape index (κ1) is 21.9. The lowest BCUT2D eigenvalue weighted by molar-refractivity contribution is -0.125. The van der Waals surface area contributed by atoms with Gasteiger partial charge in [-0.3, -0.25) is 9.59 Å². The van der Waals surface area contributed by atoms with Crippen molar-refractivity contribution >= 4 is 39.3 Å². The summed E-state index contributed by atoms with van der Waals surface area (Å²) < 4.78 is 46.5. The number of nitrogens with one attached hydrogen (secondary N) is 3. The maximum atomic E-state index is 13.3. The number of ether oxygens (including phenoxy) is 1. The second-order valence-electron chi connectivity index (χ2n) is 6.96. The predicted octanol–water partition coefficient (Wildman–Crippen LogP) is 0.620. The largest absolute Gasteiger partial charge is 0.381 e. The Morgan fingerprint density at radius 2 is 1.97 bits per heavy atom. The van der Waals surface area contributed by atoms with Crippen molar-refractivity contribution in [3.05, 3.63) is 29.0 Å². The third-order valence-electron chi connectivity index (χ3n) is 4.94. The van der Waals surface area contributed by atoms with E-state index in [1.165, 1.54) is 19.2 Å². The molecule has 0 bridgehead atoms. The molecule has 0 saturated carbocycles. The molecule has 0 radical (unpaired) electrons. The van der Waals surface area contributed by atoms with E-state index in [2.05, 4.69) is 15.4 Å². The summed E-state index contributed by atoms with van der Waals surface area (Å²) in [5, 5.41) is 5.15. The van der Waals surface area contributed by atoms with Crippen molar-refractivity contribution in [2.75, 3.05) is 25.6 Å². The summed E-state index contributed by atoms with van der Waals surface area (Å²) in [7, 11) is -2.80. The Bertz CT molecular complexity index is 894. The summed E-state index contributed by atoms with van der Waals surface area (Å²) in [5.41, 5.74) is 0.217. The molecule has 29 heavy (non-hydrogen) atoms. The van der Waals surface area contributed by atoms with E-state index in [0.29, 0.717) is 26.1 Å². The highest BCUT2D eigenvalue weighted by atomic mass is 35.5. The van der Waals surface area contributed by atoms with Gasteiger partial charge in [0.25, 0.3) is 10.2 Å². The van der Waals surface area contributed by atoms with Crippen LogP contribution in [0.4, 0.5) is 10.1 Å². The van der Waals surface area contributed by atoms with Crippen LogP contribution < -0.4 is 15.4 Å². The molecule has 1 aromatic rings. The number of hydrogen-bond donors (Lipinski definition) is 3. The van der Waals surface area contributed by atoms with E-state index in [-0.39, 0.29) is 23.2 Å². The lowest BCUT2D eigenvalue weighted by Gasteiger charge is -2.36. The van der Waals surface area contributed by atoms with E-state index in [9.17, 15) is 22.4 Å². The van der Waals surface area contributed by atoms with Crippen molar-refractivity contribution in [2.45, 2.75) is 37.4 Å². The number of likely N-dealkylation sites (N-methyl/N-ethyl adjacent to an activating group) is 1. The first-order valence-corrected chi connectivity index (χ1v) is 10.9. The minimum atomic E-state index is -4.05. The molecule has 12 heteroatoms. The Morgan fingerprint density at radius 1 is 1.28 bits per heavy atom. The first-order valence-electron chi connectivity index (χ1n) is 9.06. The molecule has 2 atom stereocenters.